The van der Waals surface area contributed by atoms with Crippen LogP contribution in [0.3, 0.4) is 0 Å². The van der Waals surface area contributed by atoms with Crippen LogP contribution in [-0.2, 0) is 9.59 Å². The number of hydrogen-bond donors (Lipinski definition) is 2. The molecule has 1 aromatic carbocycles. The van der Waals surface area contributed by atoms with Gasteiger partial charge in [0.25, 0.3) is 0 Å². The molecule has 3 rings (SSSR count). The van der Waals surface area contributed by atoms with Gasteiger partial charge in [-0.2, -0.15) is 0 Å². The molecule has 144 valence electrons. The van der Waals surface area contributed by atoms with Gasteiger partial charge in [0.1, 0.15) is 0 Å². The lowest BCUT2D eigenvalue weighted by Crippen LogP contribution is -2.22. The quantitative estimate of drug-likeness (QED) is 0.700. The van der Waals surface area contributed by atoms with Gasteiger partial charge in [0.2, 0.25) is 0 Å². The third-order valence-electron chi connectivity index (χ3n) is 4.39. The van der Waals surface area contributed by atoms with Crippen molar-refractivity contribution in [1.82, 2.24) is 4.90 Å². The van der Waals surface area contributed by atoms with Crippen molar-refractivity contribution in [3.8, 4) is 0 Å². The molecule has 1 unspecified atom stereocenters. The van der Waals surface area contributed by atoms with Crippen LogP contribution < -0.4 is 0 Å². The molecule has 5 nitrogen and oxygen atoms in total. The maximum absolute atomic E-state index is 9.55. The Balaban J connectivity index is 0.000000279. The molecule has 0 amide bonds. The second kappa shape index (κ2) is 11.3. The molecule has 1 saturated heterocycles. The molecule has 0 spiro atoms. The molecule has 2 heterocycles. The van der Waals surface area contributed by atoms with Gasteiger partial charge in [0.05, 0.1) is 0 Å². The number of hydrogen-bond acceptors (Lipinski definition) is 4. The summed E-state index contributed by atoms with van der Waals surface area (Å²) in [5.74, 6) is -1.94. The van der Waals surface area contributed by atoms with Crippen LogP contribution in [0.1, 0.15) is 35.6 Å². The standard InChI is InChI=1S/C17H21NS.C4H4O4/c1-2-7-15(8-3-1)16(17-9-6-14-19-17)10-13-18-11-4-5-12-18;5-3(6)1-2-4(7)8/h1-3,6-9,14,16H,4-5,10-13H2;1-2H,(H,5,6)(H,7,8). The SMILES string of the molecule is O=C(O)C=CC(=O)O.c1ccc(C(CCN2CCCC2)c2cccs2)cc1. The fraction of sp³-hybridized carbons (Fsp3) is 0.333. The Hall–Kier alpha value is -2.44. The molecule has 1 aliphatic rings. The summed E-state index contributed by atoms with van der Waals surface area (Å²) in [7, 11) is 0. The number of rotatable bonds is 7. The number of likely N-dealkylation sites (tertiary alicyclic amines) is 1. The highest BCUT2D eigenvalue weighted by atomic mass is 32.1. The van der Waals surface area contributed by atoms with Gasteiger partial charge >= 0.3 is 11.9 Å². The Morgan fingerprint density at radius 1 is 1.00 bits per heavy atom. The van der Waals surface area contributed by atoms with Crippen LogP contribution in [0.4, 0.5) is 0 Å². The van der Waals surface area contributed by atoms with E-state index < -0.39 is 11.9 Å². The summed E-state index contributed by atoms with van der Waals surface area (Å²) in [6, 6.07) is 15.4. The number of thiophene rings is 1. The van der Waals surface area contributed by atoms with E-state index in [1.165, 1.54) is 49.3 Å². The zero-order valence-corrected chi connectivity index (χ0v) is 16.0. The molecular weight excluding hydrogens is 362 g/mol. The van der Waals surface area contributed by atoms with Gasteiger partial charge in [0, 0.05) is 22.9 Å². The molecule has 2 aromatic rings. The topological polar surface area (TPSA) is 77.8 Å². The van der Waals surface area contributed by atoms with E-state index in [9.17, 15) is 9.59 Å². The van der Waals surface area contributed by atoms with Gasteiger partial charge in [-0.3, -0.25) is 0 Å². The van der Waals surface area contributed by atoms with Crippen LogP contribution >= 0.6 is 11.3 Å². The summed E-state index contributed by atoms with van der Waals surface area (Å²) in [6.07, 6.45) is 5.12. The number of benzene rings is 1. The van der Waals surface area contributed by atoms with E-state index in [1.54, 1.807) is 0 Å². The normalized spacial score (nSPS) is 15.3. The van der Waals surface area contributed by atoms with Crippen molar-refractivity contribution in [1.29, 1.82) is 0 Å². The van der Waals surface area contributed by atoms with Gasteiger partial charge < -0.3 is 15.1 Å². The van der Waals surface area contributed by atoms with Crippen LogP contribution in [-0.4, -0.2) is 46.7 Å². The summed E-state index contributed by atoms with van der Waals surface area (Å²) in [4.78, 5) is 23.2. The molecular formula is C21H25NO4S. The highest BCUT2D eigenvalue weighted by molar-refractivity contribution is 7.10. The smallest absolute Gasteiger partial charge is 0.328 e. The maximum Gasteiger partial charge on any atom is 0.328 e. The molecule has 0 aliphatic carbocycles. The first-order valence-corrected chi connectivity index (χ1v) is 9.89. The van der Waals surface area contributed by atoms with Crippen molar-refractivity contribution in [3.63, 3.8) is 0 Å². The van der Waals surface area contributed by atoms with E-state index in [4.69, 9.17) is 10.2 Å². The summed E-state index contributed by atoms with van der Waals surface area (Å²) in [6.45, 7) is 3.83. The Kier molecular flexibility index (Phi) is 8.74. The summed E-state index contributed by atoms with van der Waals surface area (Å²) in [5.41, 5.74) is 1.46. The van der Waals surface area contributed by atoms with Crippen LogP contribution in [0.25, 0.3) is 0 Å². The van der Waals surface area contributed by atoms with E-state index in [1.807, 2.05) is 11.3 Å². The minimum Gasteiger partial charge on any atom is -0.478 e. The molecule has 0 bridgehead atoms. The first kappa shape index (κ1) is 20.9. The fourth-order valence-corrected chi connectivity index (χ4v) is 4.00. The number of carboxylic acid groups (broad SMARTS) is 2. The van der Waals surface area contributed by atoms with Crippen molar-refractivity contribution in [2.24, 2.45) is 0 Å². The van der Waals surface area contributed by atoms with Crippen LogP contribution in [0.2, 0.25) is 0 Å². The largest absolute Gasteiger partial charge is 0.478 e. The van der Waals surface area contributed by atoms with E-state index >= 15 is 0 Å². The van der Waals surface area contributed by atoms with Crippen molar-refractivity contribution in [2.75, 3.05) is 19.6 Å². The first-order valence-electron chi connectivity index (χ1n) is 9.01. The second-order valence-corrected chi connectivity index (χ2v) is 7.31. The maximum atomic E-state index is 9.55. The average Bonchev–Trinajstić information content (AvgIpc) is 3.36. The van der Waals surface area contributed by atoms with Crippen LogP contribution in [0.5, 0.6) is 0 Å². The fourth-order valence-electron chi connectivity index (χ4n) is 3.11. The molecule has 0 radical (unpaired) electrons. The number of aliphatic carboxylic acids is 2. The molecule has 2 N–H and O–H groups in total. The highest BCUT2D eigenvalue weighted by Crippen LogP contribution is 2.31. The zero-order valence-electron chi connectivity index (χ0n) is 15.2. The molecule has 1 fully saturated rings. The minimum absolute atomic E-state index is 0.558. The lowest BCUT2D eigenvalue weighted by Gasteiger charge is -2.20. The third kappa shape index (κ3) is 7.76. The molecule has 1 aromatic heterocycles. The van der Waals surface area contributed by atoms with Gasteiger partial charge in [-0.05, 0) is 55.9 Å². The third-order valence-corrected chi connectivity index (χ3v) is 5.38. The number of carbonyl (C=O) groups is 2. The predicted molar refractivity (Wildman–Crippen MR) is 107 cm³/mol. The van der Waals surface area contributed by atoms with E-state index in [0.717, 1.165) is 0 Å². The Labute approximate surface area is 163 Å². The summed E-state index contributed by atoms with van der Waals surface area (Å²) < 4.78 is 0. The zero-order chi connectivity index (χ0) is 19.5. The minimum atomic E-state index is -1.26. The van der Waals surface area contributed by atoms with Gasteiger partial charge in [-0.1, -0.05) is 36.4 Å². The van der Waals surface area contributed by atoms with Crippen LogP contribution in [0, 0.1) is 0 Å². The Morgan fingerprint density at radius 3 is 2.15 bits per heavy atom. The highest BCUT2D eigenvalue weighted by Gasteiger charge is 2.18. The summed E-state index contributed by atoms with van der Waals surface area (Å²) >= 11 is 1.89. The van der Waals surface area contributed by atoms with E-state index in [-0.39, 0.29) is 0 Å². The Morgan fingerprint density at radius 2 is 1.63 bits per heavy atom. The van der Waals surface area contributed by atoms with Gasteiger partial charge in [-0.15, -0.1) is 11.3 Å². The lowest BCUT2D eigenvalue weighted by molar-refractivity contribution is -0.134. The van der Waals surface area contributed by atoms with Crippen molar-refractivity contribution < 1.29 is 19.8 Å². The van der Waals surface area contributed by atoms with Crippen molar-refractivity contribution in [2.45, 2.75) is 25.2 Å². The van der Waals surface area contributed by atoms with Crippen molar-refractivity contribution >= 4 is 23.3 Å². The molecule has 0 saturated carbocycles. The van der Waals surface area contributed by atoms with E-state index in [0.29, 0.717) is 18.1 Å². The monoisotopic (exact) mass is 387 g/mol. The Bertz CT molecular complexity index is 706. The average molecular weight is 388 g/mol. The molecule has 6 heteroatoms. The number of nitrogens with zero attached hydrogens (tertiary/aromatic N) is 1. The first-order chi connectivity index (χ1) is 13.1. The van der Waals surface area contributed by atoms with Crippen molar-refractivity contribution in [3.05, 3.63) is 70.4 Å². The van der Waals surface area contributed by atoms with Gasteiger partial charge in [-0.25, -0.2) is 9.59 Å². The lowest BCUT2D eigenvalue weighted by atomic mass is 9.94. The number of carboxylic acids is 2. The molecule has 1 aliphatic heterocycles. The predicted octanol–water partition coefficient (Wildman–Crippen LogP) is 4.08. The molecule has 1 atom stereocenters. The van der Waals surface area contributed by atoms with Crippen LogP contribution in [0.15, 0.2) is 60.0 Å². The van der Waals surface area contributed by atoms with Gasteiger partial charge in [0.15, 0.2) is 0 Å². The molecule has 27 heavy (non-hydrogen) atoms. The van der Waals surface area contributed by atoms with E-state index in [2.05, 4.69) is 52.7 Å². The summed E-state index contributed by atoms with van der Waals surface area (Å²) in [5, 5.41) is 17.8. The second-order valence-electron chi connectivity index (χ2n) is 6.33.